The second kappa shape index (κ2) is 4.83. The largest absolute Gasteiger partial charge is 0.237 e. The first-order valence-corrected chi connectivity index (χ1v) is 6.92. The topological polar surface area (TPSA) is 17.8 Å². The summed E-state index contributed by atoms with van der Waals surface area (Å²) >= 11 is 9.56. The molecular weight excluding hydrogens is 300 g/mol. The van der Waals surface area contributed by atoms with Gasteiger partial charge in [-0.3, -0.25) is 0 Å². The van der Waals surface area contributed by atoms with Gasteiger partial charge in [-0.1, -0.05) is 33.6 Å². The van der Waals surface area contributed by atoms with Crippen LogP contribution in [0.3, 0.4) is 0 Å². The summed E-state index contributed by atoms with van der Waals surface area (Å²) in [6.45, 7) is 6.19. The predicted octanol–water partition coefficient (Wildman–Crippen LogP) is 4.35. The molecule has 0 aliphatic rings. The molecule has 0 radical (unpaired) electrons. The van der Waals surface area contributed by atoms with E-state index in [0.29, 0.717) is 0 Å². The molecule has 1 heterocycles. The maximum Gasteiger partial charge on any atom is 0.0704 e. The summed E-state index contributed by atoms with van der Waals surface area (Å²) in [5.41, 5.74) is 5.67. The molecule has 0 saturated carbocycles. The van der Waals surface area contributed by atoms with Gasteiger partial charge in [0, 0.05) is 16.0 Å². The number of alkyl halides is 1. The number of nitrogens with zero attached hydrogens (tertiary/aromatic N) is 2. The fraction of sp³-hybridized carbons (Fsp3) is 0.308. The molecule has 0 atom stereocenters. The third-order valence-electron chi connectivity index (χ3n) is 3.07. The molecule has 0 aliphatic carbocycles. The Bertz CT molecular complexity index is 561. The van der Waals surface area contributed by atoms with Gasteiger partial charge in [0.15, 0.2) is 0 Å². The van der Waals surface area contributed by atoms with E-state index in [1.807, 2.05) is 29.8 Å². The standard InChI is InChI=1S/C13H14BrClN2/c1-8-9(2)16-17(10(8)3)13-6-12(15)5-4-11(13)7-14/h4-6H,7H2,1-3H3. The Balaban J connectivity index is 2.67. The Morgan fingerprint density at radius 3 is 2.53 bits per heavy atom. The lowest BCUT2D eigenvalue weighted by atomic mass is 10.2. The summed E-state index contributed by atoms with van der Waals surface area (Å²) in [5.74, 6) is 0. The number of halogens is 2. The summed E-state index contributed by atoms with van der Waals surface area (Å²) in [6, 6.07) is 5.88. The van der Waals surface area contributed by atoms with E-state index in [4.69, 9.17) is 11.6 Å². The summed E-state index contributed by atoms with van der Waals surface area (Å²) in [6.07, 6.45) is 0. The maximum absolute atomic E-state index is 6.07. The molecule has 17 heavy (non-hydrogen) atoms. The minimum atomic E-state index is 0.731. The van der Waals surface area contributed by atoms with Crippen LogP contribution in [0, 0.1) is 20.8 Å². The van der Waals surface area contributed by atoms with Crippen LogP contribution < -0.4 is 0 Å². The number of benzene rings is 1. The third kappa shape index (κ3) is 2.26. The molecule has 0 aliphatic heterocycles. The molecule has 90 valence electrons. The minimum Gasteiger partial charge on any atom is -0.237 e. The normalized spacial score (nSPS) is 10.9. The number of hydrogen-bond donors (Lipinski definition) is 0. The molecular formula is C13H14BrClN2. The van der Waals surface area contributed by atoms with Gasteiger partial charge in [0.05, 0.1) is 11.4 Å². The van der Waals surface area contributed by atoms with Gasteiger partial charge in [-0.2, -0.15) is 5.10 Å². The SMILES string of the molecule is Cc1nn(-c2cc(Cl)ccc2CBr)c(C)c1C. The minimum absolute atomic E-state index is 0.731. The molecule has 0 bridgehead atoms. The molecule has 2 nitrogen and oxygen atoms in total. The Hall–Kier alpha value is -0.800. The van der Waals surface area contributed by atoms with Crippen LogP contribution in [0.1, 0.15) is 22.5 Å². The number of hydrogen-bond acceptors (Lipinski definition) is 1. The summed E-state index contributed by atoms with van der Waals surface area (Å²) in [7, 11) is 0. The zero-order chi connectivity index (χ0) is 12.6. The molecule has 2 rings (SSSR count). The molecule has 0 unspecified atom stereocenters. The molecule has 2 aromatic rings. The van der Waals surface area contributed by atoms with Crippen molar-refractivity contribution in [3.05, 3.63) is 45.7 Å². The average Bonchev–Trinajstić information content (AvgIpc) is 2.57. The zero-order valence-corrected chi connectivity index (χ0v) is 12.4. The molecule has 1 aromatic carbocycles. The first-order chi connectivity index (χ1) is 8.04. The van der Waals surface area contributed by atoms with Gasteiger partial charge in [0.1, 0.15) is 0 Å². The Kier molecular flexibility index (Phi) is 3.59. The van der Waals surface area contributed by atoms with Gasteiger partial charge in [0.2, 0.25) is 0 Å². The van der Waals surface area contributed by atoms with Crippen LogP contribution in [0.15, 0.2) is 18.2 Å². The highest BCUT2D eigenvalue weighted by atomic mass is 79.9. The Labute approximate surface area is 115 Å². The van der Waals surface area contributed by atoms with Crippen LogP contribution in [0.25, 0.3) is 5.69 Å². The molecule has 0 spiro atoms. The van der Waals surface area contributed by atoms with E-state index in [9.17, 15) is 0 Å². The number of rotatable bonds is 2. The van der Waals surface area contributed by atoms with E-state index >= 15 is 0 Å². The van der Waals surface area contributed by atoms with E-state index in [2.05, 4.69) is 34.9 Å². The fourth-order valence-corrected chi connectivity index (χ4v) is 2.44. The van der Waals surface area contributed by atoms with Crippen molar-refractivity contribution in [2.24, 2.45) is 0 Å². The van der Waals surface area contributed by atoms with Crippen LogP contribution in [0.4, 0.5) is 0 Å². The van der Waals surface area contributed by atoms with Gasteiger partial charge in [-0.05, 0) is 44.0 Å². The lowest BCUT2D eigenvalue weighted by Gasteiger charge is -2.10. The van der Waals surface area contributed by atoms with Crippen molar-refractivity contribution in [3.63, 3.8) is 0 Å². The van der Waals surface area contributed by atoms with Crippen molar-refractivity contribution < 1.29 is 0 Å². The summed E-state index contributed by atoms with van der Waals surface area (Å²) < 4.78 is 1.97. The van der Waals surface area contributed by atoms with Crippen molar-refractivity contribution in [2.75, 3.05) is 0 Å². The molecule has 0 amide bonds. The molecule has 4 heteroatoms. The van der Waals surface area contributed by atoms with Crippen LogP contribution in [0.5, 0.6) is 0 Å². The van der Waals surface area contributed by atoms with Gasteiger partial charge in [-0.25, -0.2) is 4.68 Å². The van der Waals surface area contributed by atoms with Crippen LogP contribution in [-0.2, 0) is 5.33 Å². The second-order valence-electron chi connectivity index (χ2n) is 4.11. The maximum atomic E-state index is 6.07. The molecule has 0 N–H and O–H groups in total. The lowest BCUT2D eigenvalue weighted by molar-refractivity contribution is 0.826. The summed E-state index contributed by atoms with van der Waals surface area (Å²) in [5, 5.41) is 6.09. The lowest BCUT2D eigenvalue weighted by Crippen LogP contribution is -2.02. The summed E-state index contributed by atoms with van der Waals surface area (Å²) in [4.78, 5) is 0. The first kappa shape index (κ1) is 12.7. The highest BCUT2D eigenvalue weighted by Crippen LogP contribution is 2.24. The Morgan fingerprint density at radius 1 is 1.29 bits per heavy atom. The van der Waals surface area contributed by atoms with E-state index in [1.165, 1.54) is 11.1 Å². The second-order valence-corrected chi connectivity index (χ2v) is 5.11. The average molecular weight is 314 g/mol. The third-order valence-corrected chi connectivity index (χ3v) is 3.91. The number of aryl methyl sites for hydroxylation is 1. The van der Waals surface area contributed by atoms with Crippen LogP contribution in [-0.4, -0.2) is 9.78 Å². The van der Waals surface area contributed by atoms with E-state index in [-0.39, 0.29) is 0 Å². The van der Waals surface area contributed by atoms with Crippen molar-refractivity contribution in [1.29, 1.82) is 0 Å². The quantitative estimate of drug-likeness (QED) is 0.754. The molecule has 1 aromatic heterocycles. The molecule has 0 fully saturated rings. The van der Waals surface area contributed by atoms with Gasteiger partial charge < -0.3 is 0 Å². The highest BCUT2D eigenvalue weighted by molar-refractivity contribution is 9.08. The first-order valence-electron chi connectivity index (χ1n) is 5.42. The fourth-order valence-electron chi connectivity index (χ4n) is 1.80. The van der Waals surface area contributed by atoms with Crippen LogP contribution >= 0.6 is 27.5 Å². The van der Waals surface area contributed by atoms with E-state index in [0.717, 1.165) is 27.4 Å². The highest BCUT2D eigenvalue weighted by Gasteiger charge is 2.12. The van der Waals surface area contributed by atoms with E-state index < -0.39 is 0 Å². The predicted molar refractivity (Wildman–Crippen MR) is 75.4 cm³/mol. The Morgan fingerprint density at radius 2 is 2.00 bits per heavy atom. The van der Waals surface area contributed by atoms with Gasteiger partial charge in [-0.15, -0.1) is 0 Å². The zero-order valence-electron chi connectivity index (χ0n) is 10.1. The van der Waals surface area contributed by atoms with Crippen molar-refractivity contribution in [3.8, 4) is 5.69 Å². The van der Waals surface area contributed by atoms with Crippen molar-refractivity contribution in [2.45, 2.75) is 26.1 Å². The van der Waals surface area contributed by atoms with E-state index in [1.54, 1.807) is 0 Å². The van der Waals surface area contributed by atoms with Crippen LogP contribution in [0.2, 0.25) is 5.02 Å². The molecule has 0 saturated heterocycles. The smallest absolute Gasteiger partial charge is 0.0704 e. The van der Waals surface area contributed by atoms with Crippen molar-refractivity contribution in [1.82, 2.24) is 9.78 Å². The number of aromatic nitrogens is 2. The van der Waals surface area contributed by atoms with Gasteiger partial charge >= 0.3 is 0 Å². The monoisotopic (exact) mass is 312 g/mol. The van der Waals surface area contributed by atoms with Crippen molar-refractivity contribution >= 4 is 27.5 Å². The van der Waals surface area contributed by atoms with Gasteiger partial charge in [0.25, 0.3) is 0 Å².